The summed E-state index contributed by atoms with van der Waals surface area (Å²) in [5, 5.41) is 17.5. The van der Waals surface area contributed by atoms with E-state index in [2.05, 4.69) is 20.3 Å². The lowest BCUT2D eigenvalue weighted by molar-refractivity contribution is -0.385. The van der Waals surface area contributed by atoms with Crippen LogP contribution in [0.5, 0.6) is 0 Å². The van der Waals surface area contributed by atoms with Crippen molar-refractivity contribution in [2.24, 2.45) is 4.99 Å². The van der Waals surface area contributed by atoms with Gasteiger partial charge in [0, 0.05) is 36.8 Å². The predicted octanol–water partition coefficient (Wildman–Crippen LogP) is 2.28. The first-order chi connectivity index (χ1) is 13.8. The molecule has 29 heavy (non-hydrogen) atoms. The van der Waals surface area contributed by atoms with Crippen LogP contribution in [0.1, 0.15) is 12.5 Å². The molecular weight excluding hydrogens is 418 g/mol. The molecule has 0 aliphatic rings. The maximum Gasteiger partial charge on any atom is 0.270 e. The van der Waals surface area contributed by atoms with Crippen molar-refractivity contribution in [3.05, 3.63) is 69.2 Å². The fourth-order valence-corrected chi connectivity index (χ4v) is 3.61. The van der Waals surface area contributed by atoms with Gasteiger partial charge in [0.25, 0.3) is 5.69 Å². The number of hydrogen-bond acceptors (Lipinski definition) is 5. The van der Waals surface area contributed by atoms with Crippen LogP contribution in [0.25, 0.3) is 0 Å². The Labute approximate surface area is 174 Å². The quantitative estimate of drug-likeness (QED) is 0.181. The third-order valence-corrected chi connectivity index (χ3v) is 5.59. The summed E-state index contributed by atoms with van der Waals surface area (Å²) in [6.07, 6.45) is 0. The van der Waals surface area contributed by atoms with Crippen LogP contribution in [0, 0.1) is 10.1 Å². The standard InChI is InChI=1S/C18H22ClN5O4S/c1-2-20-18(22-13-14-6-3-4-9-17(14)19)21-10-11-23-29(27,28)16-8-5-7-15(12-16)24(25)26/h3-9,12,23H,2,10-11,13H2,1H3,(H2,20,21,22). The van der Waals surface area contributed by atoms with E-state index in [9.17, 15) is 18.5 Å². The average molecular weight is 440 g/mol. The highest BCUT2D eigenvalue weighted by molar-refractivity contribution is 7.89. The van der Waals surface area contributed by atoms with Crippen molar-refractivity contribution in [3.63, 3.8) is 0 Å². The molecule has 3 N–H and O–H groups in total. The van der Waals surface area contributed by atoms with Crippen molar-refractivity contribution >= 4 is 33.3 Å². The fraction of sp³-hybridized carbons (Fsp3) is 0.278. The lowest BCUT2D eigenvalue weighted by Gasteiger charge is -2.12. The first-order valence-corrected chi connectivity index (χ1v) is 10.7. The van der Waals surface area contributed by atoms with Crippen LogP contribution >= 0.6 is 11.6 Å². The third-order valence-electron chi connectivity index (χ3n) is 3.76. The number of nitrogens with zero attached hydrogens (tertiary/aromatic N) is 2. The molecule has 156 valence electrons. The molecule has 0 fully saturated rings. The summed E-state index contributed by atoms with van der Waals surface area (Å²) in [6.45, 7) is 3.25. The third kappa shape index (κ3) is 7.00. The van der Waals surface area contributed by atoms with E-state index >= 15 is 0 Å². The van der Waals surface area contributed by atoms with Crippen LogP contribution in [0.2, 0.25) is 5.02 Å². The Balaban J connectivity index is 1.92. The molecule has 0 saturated carbocycles. The normalized spacial score (nSPS) is 11.9. The number of sulfonamides is 1. The van der Waals surface area contributed by atoms with Crippen molar-refractivity contribution in [1.29, 1.82) is 0 Å². The molecule has 0 aliphatic heterocycles. The molecule has 9 nitrogen and oxygen atoms in total. The van der Waals surface area contributed by atoms with Gasteiger partial charge in [0.1, 0.15) is 0 Å². The Bertz CT molecular complexity index is 982. The Morgan fingerprint density at radius 3 is 2.59 bits per heavy atom. The van der Waals surface area contributed by atoms with Crippen molar-refractivity contribution in [2.75, 3.05) is 19.6 Å². The summed E-state index contributed by atoms with van der Waals surface area (Å²) in [5.41, 5.74) is 0.588. The second-order valence-corrected chi connectivity index (χ2v) is 8.04. The van der Waals surface area contributed by atoms with Gasteiger partial charge in [0.05, 0.1) is 16.4 Å². The van der Waals surface area contributed by atoms with E-state index in [1.165, 1.54) is 18.2 Å². The predicted molar refractivity (Wildman–Crippen MR) is 113 cm³/mol. The zero-order valence-electron chi connectivity index (χ0n) is 15.8. The van der Waals surface area contributed by atoms with Crippen LogP contribution in [-0.4, -0.2) is 38.9 Å². The molecule has 0 bridgehead atoms. The van der Waals surface area contributed by atoms with Gasteiger partial charge in [-0.15, -0.1) is 0 Å². The molecule has 2 aromatic carbocycles. The Hall–Kier alpha value is -2.69. The van der Waals surface area contributed by atoms with Gasteiger partial charge in [-0.2, -0.15) is 0 Å². The zero-order chi connectivity index (χ0) is 21.3. The zero-order valence-corrected chi connectivity index (χ0v) is 17.3. The highest BCUT2D eigenvalue weighted by Crippen LogP contribution is 2.17. The summed E-state index contributed by atoms with van der Waals surface area (Å²) < 4.78 is 27.0. The van der Waals surface area contributed by atoms with Crippen LogP contribution < -0.4 is 15.4 Å². The molecule has 0 amide bonds. The van der Waals surface area contributed by atoms with E-state index in [1.54, 1.807) is 6.07 Å². The van der Waals surface area contributed by atoms with E-state index in [4.69, 9.17) is 11.6 Å². The lowest BCUT2D eigenvalue weighted by Crippen LogP contribution is -2.41. The minimum atomic E-state index is -3.86. The second-order valence-electron chi connectivity index (χ2n) is 5.87. The monoisotopic (exact) mass is 439 g/mol. The van der Waals surface area contributed by atoms with E-state index in [0.29, 0.717) is 24.1 Å². The summed E-state index contributed by atoms with van der Waals surface area (Å²) in [4.78, 5) is 14.4. The fourth-order valence-electron chi connectivity index (χ4n) is 2.35. The molecule has 0 heterocycles. The maximum absolute atomic E-state index is 12.3. The molecule has 0 atom stereocenters. The van der Waals surface area contributed by atoms with Crippen LogP contribution in [0.15, 0.2) is 58.4 Å². The van der Waals surface area contributed by atoms with Crippen LogP contribution in [0.3, 0.4) is 0 Å². The topological polar surface area (TPSA) is 126 Å². The minimum Gasteiger partial charge on any atom is -0.357 e. The summed E-state index contributed by atoms with van der Waals surface area (Å²) in [5.74, 6) is 0.516. The molecule has 0 saturated heterocycles. The molecule has 0 aromatic heterocycles. The van der Waals surface area contributed by atoms with Gasteiger partial charge < -0.3 is 10.6 Å². The maximum atomic E-state index is 12.3. The van der Waals surface area contributed by atoms with Gasteiger partial charge in [-0.1, -0.05) is 35.9 Å². The molecule has 0 unspecified atom stereocenters. The van der Waals surface area contributed by atoms with Gasteiger partial charge >= 0.3 is 0 Å². The van der Waals surface area contributed by atoms with E-state index in [1.807, 2.05) is 25.1 Å². The molecule has 0 aliphatic carbocycles. The van der Waals surface area contributed by atoms with Crippen molar-refractivity contribution in [1.82, 2.24) is 15.4 Å². The SMILES string of the molecule is CCNC(=NCc1ccccc1Cl)NCCNS(=O)(=O)c1cccc([N+](=O)[O-])c1. The summed E-state index contributed by atoms with van der Waals surface area (Å²) in [7, 11) is -3.86. The number of nitro benzene ring substituents is 1. The molecule has 0 radical (unpaired) electrons. The molecule has 11 heteroatoms. The number of rotatable bonds is 9. The number of guanidine groups is 1. The number of halogens is 1. The number of benzene rings is 2. The Kier molecular flexibility index (Phi) is 8.37. The minimum absolute atomic E-state index is 0.0710. The average Bonchev–Trinajstić information content (AvgIpc) is 2.70. The first-order valence-electron chi connectivity index (χ1n) is 8.83. The molecular formula is C18H22ClN5O4S. The Morgan fingerprint density at radius 1 is 1.14 bits per heavy atom. The van der Waals surface area contributed by atoms with Gasteiger partial charge in [-0.25, -0.2) is 18.1 Å². The number of hydrogen-bond donors (Lipinski definition) is 3. The largest absolute Gasteiger partial charge is 0.357 e. The number of aliphatic imine (C=N–C) groups is 1. The molecule has 2 rings (SSSR count). The second kappa shape index (κ2) is 10.7. The first kappa shape index (κ1) is 22.6. The smallest absolute Gasteiger partial charge is 0.270 e. The molecule has 0 spiro atoms. The number of nitro groups is 1. The van der Waals surface area contributed by atoms with Crippen molar-refractivity contribution in [2.45, 2.75) is 18.4 Å². The van der Waals surface area contributed by atoms with E-state index in [-0.39, 0.29) is 23.7 Å². The van der Waals surface area contributed by atoms with Crippen molar-refractivity contribution < 1.29 is 13.3 Å². The highest BCUT2D eigenvalue weighted by atomic mass is 35.5. The van der Waals surface area contributed by atoms with Crippen molar-refractivity contribution in [3.8, 4) is 0 Å². The van der Waals surface area contributed by atoms with Gasteiger partial charge in [0.2, 0.25) is 10.0 Å². The number of nitrogens with one attached hydrogen (secondary N) is 3. The van der Waals surface area contributed by atoms with Crippen LogP contribution in [-0.2, 0) is 16.6 Å². The van der Waals surface area contributed by atoms with Crippen LogP contribution in [0.4, 0.5) is 5.69 Å². The summed E-state index contributed by atoms with van der Waals surface area (Å²) in [6, 6.07) is 12.3. The summed E-state index contributed by atoms with van der Waals surface area (Å²) >= 11 is 6.12. The van der Waals surface area contributed by atoms with Gasteiger partial charge in [-0.3, -0.25) is 10.1 Å². The molecule has 2 aromatic rings. The Morgan fingerprint density at radius 2 is 1.90 bits per heavy atom. The van der Waals surface area contributed by atoms with E-state index in [0.717, 1.165) is 11.6 Å². The van der Waals surface area contributed by atoms with Gasteiger partial charge in [0.15, 0.2) is 5.96 Å². The van der Waals surface area contributed by atoms with Gasteiger partial charge in [-0.05, 0) is 24.6 Å². The van der Waals surface area contributed by atoms with E-state index < -0.39 is 14.9 Å². The highest BCUT2D eigenvalue weighted by Gasteiger charge is 2.17. The lowest BCUT2D eigenvalue weighted by atomic mass is 10.2. The number of non-ortho nitro benzene ring substituents is 1.